The molecule has 0 bridgehead atoms. The normalized spacial score (nSPS) is 13.8. The first kappa shape index (κ1) is 77.0. The lowest BCUT2D eigenvalue weighted by Gasteiger charge is -2.25. The Morgan fingerprint density at radius 1 is 0.423 bits per heavy atom. The second-order valence-corrected chi connectivity index (χ2v) is 26.7. The van der Waals surface area contributed by atoms with Gasteiger partial charge in [0.15, 0.2) is 0 Å². The maximum Gasteiger partial charge on any atom is 0.472 e. The number of carbonyl (C=O) groups excluding carboxylic acids is 1. The molecule has 0 aliphatic heterocycles. The molecule has 0 heterocycles. The highest BCUT2D eigenvalue weighted by molar-refractivity contribution is 7.47. The van der Waals surface area contributed by atoms with Gasteiger partial charge in [-0.25, -0.2) is 4.57 Å². The Hall–Kier alpha value is -1.02. The predicted octanol–water partition coefficient (Wildman–Crippen LogP) is 21.9. The van der Waals surface area contributed by atoms with Crippen molar-refractivity contribution in [3.8, 4) is 0 Å². The molecular formula is C69H138N2O6P+. The van der Waals surface area contributed by atoms with Gasteiger partial charge in [-0.05, 0) is 32.1 Å². The van der Waals surface area contributed by atoms with Gasteiger partial charge in [0.25, 0.3) is 0 Å². The van der Waals surface area contributed by atoms with E-state index in [1.54, 1.807) is 6.08 Å². The van der Waals surface area contributed by atoms with Crippen molar-refractivity contribution >= 4 is 13.7 Å². The first-order valence-electron chi connectivity index (χ1n) is 34.7. The standard InChI is InChI=1S/C69H137N2O6P/c1-6-8-10-12-14-16-18-20-22-24-26-28-30-31-32-33-34-35-36-37-38-39-41-43-45-47-49-51-53-55-57-59-61-63-69(73)70-67(66-77-78(74,75)76-65-64-71(3,4)5)68(72)62-60-58-56-54-52-50-48-46-44-42-40-29-27-25-23-21-19-17-15-13-11-9-7-2/h52,54,60,62,67-68,72H,6-51,53,55-59,61,63-66H2,1-5H3,(H-,70,73,74,75)/p+1/b54-52+,62-60+. The highest BCUT2D eigenvalue weighted by Gasteiger charge is 2.28. The second-order valence-electron chi connectivity index (χ2n) is 25.3. The number of aliphatic hydroxyl groups is 1. The lowest BCUT2D eigenvalue weighted by molar-refractivity contribution is -0.870. The highest BCUT2D eigenvalue weighted by atomic mass is 31.2. The van der Waals surface area contributed by atoms with E-state index < -0.39 is 20.0 Å². The van der Waals surface area contributed by atoms with Crippen LogP contribution in [0.15, 0.2) is 24.3 Å². The first-order valence-corrected chi connectivity index (χ1v) is 36.2. The lowest BCUT2D eigenvalue weighted by Crippen LogP contribution is -2.45. The maximum absolute atomic E-state index is 13.0. The Labute approximate surface area is 487 Å². The van der Waals surface area contributed by atoms with Crippen LogP contribution in [0.1, 0.15) is 361 Å². The van der Waals surface area contributed by atoms with Crippen molar-refractivity contribution in [2.75, 3.05) is 40.9 Å². The van der Waals surface area contributed by atoms with Gasteiger partial charge in [-0.2, -0.15) is 0 Å². The molecule has 0 aromatic rings. The summed E-state index contributed by atoms with van der Waals surface area (Å²) in [6.45, 7) is 4.86. The molecular weight excluding hydrogens is 984 g/mol. The molecule has 0 aliphatic rings. The largest absolute Gasteiger partial charge is 0.472 e. The predicted molar refractivity (Wildman–Crippen MR) is 342 cm³/mol. The molecule has 0 aromatic heterocycles. The van der Waals surface area contributed by atoms with Crippen molar-refractivity contribution in [3.05, 3.63) is 24.3 Å². The van der Waals surface area contributed by atoms with E-state index in [9.17, 15) is 19.4 Å². The molecule has 3 atom stereocenters. The van der Waals surface area contributed by atoms with Gasteiger partial charge in [0.05, 0.1) is 39.9 Å². The summed E-state index contributed by atoms with van der Waals surface area (Å²) in [6, 6.07) is -0.861. The van der Waals surface area contributed by atoms with E-state index in [-0.39, 0.29) is 19.1 Å². The number of nitrogens with one attached hydrogen (secondary N) is 1. The van der Waals surface area contributed by atoms with Crippen LogP contribution in [-0.4, -0.2) is 73.4 Å². The fourth-order valence-electron chi connectivity index (χ4n) is 10.8. The molecule has 0 aromatic carbocycles. The summed E-state index contributed by atoms with van der Waals surface area (Å²) in [5.74, 6) is -0.178. The summed E-state index contributed by atoms with van der Waals surface area (Å²) in [5, 5.41) is 14.0. The molecule has 3 N–H and O–H groups in total. The van der Waals surface area contributed by atoms with E-state index in [0.717, 1.165) is 38.5 Å². The maximum atomic E-state index is 13.0. The number of allylic oxidation sites excluding steroid dienone is 3. The van der Waals surface area contributed by atoms with E-state index >= 15 is 0 Å². The Bertz CT molecular complexity index is 1320. The minimum atomic E-state index is -4.36. The molecule has 9 heteroatoms. The smallest absolute Gasteiger partial charge is 0.387 e. The fourth-order valence-corrected chi connectivity index (χ4v) is 11.5. The molecule has 8 nitrogen and oxygen atoms in total. The second kappa shape index (κ2) is 60.6. The number of rotatable bonds is 65. The first-order chi connectivity index (χ1) is 38.0. The molecule has 1 amide bonds. The number of likely N-dealkylation sites (N-methyl/N-ethyl adjacent to an activating group) is 1. The molecule has 0 saturated heterocycles. The molecule has 0 spiro atoms. The number of quaternary nitrogens is 1. The summed E-state index contributed by atoms with van der Waals surface area (Å²) in [6.07, 6.45) is 79.1. The van der Waals surface area contributed by atoms with Gasteiger partial charge >= 0.3 is 7.82 Å². The molecule has 3 unspecified atom stereocenters. The average molecular weight is 1120 g/mol. The zero-order valence-electron chi connectivity index (χ0n) is 53.2. The number of nitrogens with zero attached hydrogens (tertiary/aromatic N) is 1. The number of aliphatic hydroxyl groups excluding tert-OH is 1. The lowest BCUT2D eigenvalue weighted by atomic mass is 10.0. The van der Waals surface area contributed by atoms with Crippen molar-refractivity contribution in [1.29, 1.82) is 0 Å². The third-order valence-corrected chi connectivity index (χ3v) is 17.2. The highest BCUT2D eigenvalue weighted by Crippen LogP contribution is 2.43. The van der Waals surface area contributed by atoms with Crippen LogP contribution in [0, 0.1) is 0 Å². The van der Waals surface area contributed by atoms with Crippen molar-refractivity contribution < 1.29 is 32.9 Å². The van der Waals surface area contributed by atoms with Gasteiger partial charge in [0, 0.05) is 6.42 Å². The van der Waals surface area contributed by atoms with E-state index in [1.165, 1.54) is 302 Å². The van der Waals surface area contributed by atoms with Crippen molar-refractivity contribution in [1.82, 2.24) is 5.32 Å². The number of phosphoric acid groups is 1. The van der Waals surface area contributed by atoms with E-state index in [4.69, 9.17) is 9.05 Å². The molecule has 0 rings (SSSR count). The van der Waals surface area contributed by atoms with Gasteiger partial charge in [-0.3, -0.25) is 13.8 Å². The number of amides is 1. The van der Waals surface area contributed by atoms with Crippen LogP contribution in [0.2, 0.25) is 0 Å². The zero-order chi connectivity index (χ0) is 57.0. The van der Waals surface area contributed by atoms with Gasteiger partial charge in [-0.15, -0.1) is 0 Å². The number of hydrogen-bond acceptors (Lipinski definition) is 5. The summed E-state index contributed by atoms with van der Waals surface area (Å²) in [7, 11) is 1.57. The zero-order valence-corrected chi connectivity index (χ0v) is 54.1. The van der Waals surface area contributed by atoms with E-state index in [2.05, 4.69) is 31.3 Å². The van der Waals surface area contributed by atoms with Gasteiger partial charge < -0.3 is 19.8 Å². The number of phosphoric ester groups is 1. The van der Waals surface area contributed by atoms with Crippen molar-refractivity contribution in [2.45, 2.75) is 373 Å². The third-order valence-electron chi connectivity index (χ3n) is 16.2. The molecule has 0 saturated carbocycles. The number of unbranched alkanes of at least 4 members (excludes halogenated alkanes) is 50. The Morgan fingerprint density at radius 3 is 1.03 bits per heavy atom. The van der Waals surface area contributed by atoms with E-state index in [0.29, 0.717) is 17.4 Å². The Kier molecular flexibility index (Phi) is 59.8. The summed E-state index contributed by atoms with van der Waals surface area (Å²) in [5.41, 5.74) is 0. The van der Waals surface area contributed by atoms with Crippen LogP contribution >= 0.6 is 7.82 Å². The number of carbonyl (C=O) groups is 1. The van der Waals surface area contributed by atoms with Crippen LogP contribution in [0.25, 0.3) is 0 Å². The fraction of sp³-hybridized carbons (Fsp3) is 0.928. The quantitative estimate of drug-likeness (QED) is 0.0243. The summed E-state index contributed by atoms with van der Waals surface area (Å²) in [4.78, 5) is 23.4. The molecule has 0 fully saturated rings. The van der Waals surface area contributed by atoms with Crippen LogP contribution in [-0.2, 0) is 18.4 Å². The molecule has 0 aliphatic carbocycles. The van der Waals surface area contributed by atoms with Crippen LogP contribution in [0.4, 0.5) is 0 Å². The monoisotopic (exact) mass is 1120 g/mol. The summed E-state index contributed by atoms with van der Waals surface area (Å²) >= 11 is 0. The molecule has 464 valence electrons. The minimum absolute atomic E-state index is 0.0590. The average Bonchev–Trinajstić information content (AvgIpc) is 3.41. The van der Waals surface area contributed by atoms with Crippen LogP contribution in [0.3, 0.4) is 0 Å². The van der Waals surface area contributed by atoms with Gasteiger partial charge in [-0.1, -0.05) is 346 Å². The van der Waals surface area contributed by atoms with Gasteiger partial charge in [0.1, 0.15) is 13.2 Å². The molecule has 78 heavy (non-hydrogen) atoms. The topological polar surface area (TPSA) is 105 Å². The van der Waals surface area contributed by atoms with Crippen LogP contribution in [0.5, 0.6) is 0 Å². The van der Waals surface area contributed by atoms with E-state index in [1.807, 2.05) is 27.2 Å². The van der Waals surface area contributed by atoms with Crippen molar-refractivity contribution in [2.24, 2.45) is 0 Å². The Balaban J connectivity index is 4.03. The van der Waals surface area contributed by atoms with Crippen LogP contribution < -0.4 is 5.32 Å². The minimum Gasteiger partial charge on any atom is -0.387 e. The SMILES string of the molecule is CCCCCCCCCCCCCCCCCCC/C=C/CC/C=C/C(O)C(COP(=O)(O)OCC[N+](C)(C)C)NC(=O)CCCCCCCCCCCCCCCCCCCCCCCCCCCCCCCCCCC. The summed E-state index contributed by atoms with van der Waals surface area (Å²) < 4.78 is 23.8. The third kappa shape index (κ3) is 62.6. The van der Waals surface area contributed by atoms with Crippen molar-refractivity contribution in [3.63, 3.8) is 0 Å². The molecule has 0 radical (unpaired) electrons. The number of hydrogen-bond donors (Lipinski definition) is 3. The Morgan fingerprint density at radius 2 is 0.705 bits per heavy atom. The van der Waals surface area contributed by atoms with Gasteiger partial charge in [0.2, 0.25) is 5.91 Å².